The van der Waals surface area contributed by atoms with Gasteiger partial charge in [0.15, 0.2) is 0 Å². The molecular formula is C15H29NO. The summed E-state index contributed by atoms with van der Waals surface area (Å²) in [5.41, 5.74) is 0.480. The molecule has 0 amide bonds. The van der Waals surface area contributed by atoms with Crippen LogP contribution in [0.5, 0.6) is 0 Å². The van der Waals surface area contributed by atoms with Crippen LogP contribution < -0.4 is 0 Å². The van der Waals surface area contributed by atoms with E-state index in [1.807, 2.05) is 0 Å². The van der Waals surface area contributed by atoms with Crippen molar-refractivity contribution in [2.75, 3.05) is 19.6 Å². The van der Waals surface area contributed by atoms with Crippen LogP contribution in [0.15, 0.2) is 0 Å². The van der Waals surface area contributed by atoms with Crippen molar-refractivity contribution < 1.29 is 5.11 Å². The Labute approximate surface area is 106 Å². The van der Waals surface area contributed by atoms with E-state index in [-0.39, 0.29) is 6.10 Å². The summed E-state index contributed by atoms with van der Waals surface area (Å²) in [7, 11) is 0. The van der Waals surface area contributed by atoms with Crippen molar-refractivity contribution >= 4 is 0 Å². The Morgan fingerprint density at radius 2 is 1.88 bits per heavy atom. The van der Waals surface area contributed by atoms with Crippen LogP contribution in [0, 0.1) is 11.3 Å². The number of piperidine rings is 1. The number of aliphatic hydroxyl groups excluding tert-OH is 1. The van der Waals surface area contributed by atoms with Crippen molar-refractivity contribution in [1.29, 1.82) is 0 Å². The summed E-state index contributed by atoms with van der Waals surface area (Å²) in [6, 6.07) is 0. The molecule has 2 aliphatic rings. The number of likely N-dealkylation sites (tertiary alicyclic amines) is 1. The summed E-state index contributed by atoms with van der Waals surface area (Å²) in [5.74, 6) is 0.534. The van der Waals surface area contributed by atoms with Gasteiger partial charge in [-0.1, -0.05) is 33.1 Å². The second-order valence-electron chi connectivity index (χ2n) is 6.97. The number of hydrogen-bond acceptors (Lipinski definition) is 2. The van der Waals surface area contributed by atoms with E-state index in [0.29, 0.717) is 11.3 Å². The third-order valence-corrected chi connectivity index (χ3v) is 4.59. The number of nitrogens with zero attached hydrogens (tertiary/aromatic N) is 1. The van der Waals surface area contributed by atoms with Crippen molar-refractivity contribution in [2.24, 2.45) is 11.3 Å². The molecule has 0 radical (unpaired) electrons. The van der Waals surface area contributed by atoms with Gasteiger partial charge in [0.05, 0.1) is 6.10 Å². The van der Waals surface area contributed by atoms with E-state index in [2.05, 4.69) is 18.7 Å². The zero-order valence-electron chi connectivity index (χ0n) is 11.6. The normalized spacial score (nSPS) is 35.5. The lowest BCUT2D eigenvalue weighted by Gasteiger charge is -2.40. The zero-order valence-corrected chi connectivity index (χ0v) is 11.6. The quantitative estimate of drug-likeness (QED) is 0.749. The Kier molecular flexibility index (Phi) is 4.48. The molecule has 2 nitrogen and oxygen atoms in total. The van der Waals surface area contributed by atoms with Gasteiger partial charge in [-0.05, 0) is 43.6 Å². The van der Waals surface area contributed by atoms with E-state index < -0.39 is 0 Å². The van der Waals surface area contributed by atoms with Crippen LogP contribution in [0.2, 0.25) is 0 Å². The van der Waals surface area contributed by atoms with E-state index in [9.17, 15) is 5.11 Å². The molecule has 100 valence electrons. The lowest BCUT2D eigenvalue weighted by Crippen LogP contribution is -2.44. The van der Waals surface area contributed by atoms with E-state index in [1.165, 1.54) is 51.6 Å². The summed E-state index contributed by atoms with van der Waals surface area (Å²) in [6.45, 7) is 8.35. The molecule has 2 atom stereocenters. The molecule has 1 aliphatic carbocycles. The largest absolute Gasteiger partial charge is 0.393 e. The molecule has 1 saturated heterocycles. The summed E-state index contributed by atoms with van der Waals surface area (Å²) in [4.78, 5) is 2.60. The molecule has 2 unspecified atom stereocenters. The molecule has 0 bridgehead atoms. The minimum atomic E-state index is -0.0393. The highest BCUT2D eigenvalue weighted by Crippen LogP contribution is 2.31. The van der Waals surface area contributed by atoms with Crippen LogP contribution >= 0.6 is 0 Å². The van der Waals surface area contributed by atoms with Crippen LogP contribution in [0.1, 0.15) is 58.8 Å². The van der Waals surface area contributed by atoms with Gasteiger partial charge in [0, 0.05) is 13.1 Å². The van der Waals surface area contributed by atoms with Crippen LogP contribution in [0.3, 0.4) is 0 Å². The maximum absolute atomic E-state index is 10.2. The predicted octanol–water partition coefficient (Wildman–Crippen LogP) is 3.05. The first kappa shape index (κ1) is 13.4. The van der Waals surface area contributed by atoms with E-state index in [1.54, 1.807) is 0 Å². The molecule has 1 aliphatic heterocycles. The molecule has 2 fully saturated rings. The molecule has 2 rings (SSSR count). The molecule has 0 spiro atoms. The van der Waals surface area contributed by atoms with Crippen LogP contribution in [0.25, 0.3) is 0 Å². The average molecular weight is 239 g/mol. The molecular weight excluding hydrogens is 210 g/mol. The maximum atomic E-state index is 10.2. The van der Waals surface area contributed by atoms with Gasteiger partial charge in [-0.3, -0.25) is 0 Å². The highest BCUT2D eigenvalue weighted by Gasteiger charge is 2.30. The number of hydrogen-bond donors (Lipinski definition) is 1. The van der Waals surface area contributed by atoms with E-state index in [0.717, 1.165) is 13.0 Å². The summed E-state index contributed by atoms with van der Waals surface area (Å²) in [6.07, 6.45) is 8.77. The zero-order chi connectivity index (χ0) is 12.3. The molecule has 1 saturated carbocycles. The van der Waals surface area contributed by atoms with Gasteiger partial charge in [0.1, 0.15) is 0 Å². The molecule has 17 heavy (non-hydrogen) atoms. The first-order valence-corrected chi connectivity index (χ1v) is 7.47. The Hall–Kier alpha value is -0.0800. The first-order chi connectivity index (χ1) is 8.07. The van der Waals surface area contributed by atoms with Gasteiger partial charge in [-0.15, -0.1) is 0 Å². The highest BCUT2D eigenvalue weighted by atomic mass is 16.3. The number of aliphatic hydroxyl groups is 1. The second kappa shape index (κ2) is 5.71. The standard InChI is InChI=1S/C15H29NO/c1-15(2)9-6-10-16(12-15)11-13-7-4-3-5-8-14(13)17/h13-14,17H,3-12H2,1-2H3. The fourth-order valence-electron chi connectivity index (χ4n) is 3.61. The van der Waals surface area contributed by atoms with Crippen LogP contribution in [-0.2, 0) is 0 Å². The third kappa shape index (κ3) is 3.96. The van der Waals surface area contributed by atoms with Gasteiger partial charge in [-0.2, -0.15) is 0 Å². The number of rotatable bonds is 2. The Morgan fingerprint density at radius 1 is 1.12 bits per heavy atom. The van der Waals surface area contributed by atoms with Crippen molar-refractivity contribution in [3.05, 3.63) is 0 Å². The minimum Gasteiger partial charge on any atom is -0.393 e. The SMILES string of the molecule is CC1(C)CCCN(CC2CCCCCC2O)C1. The molecule has 1 heterocycles. The maximum Gasteiger partial charge on any atom is 0.0580 e. The van der Waals surface area contributed by atoms with Crippen molar-refractivity contribution in [3.8, 4) is 0 Å². The van der Waals surface area contributed by atoms with Gasteiger partial charge in [-0.25, -0.2) is 0 Å². The van der Waals surface area contributed by atoms with Crippen LogP contribution in [-0.4, -0.2) is 35.7 Å². The smallest absolute Gasteiger partial charge is 0.0580 e. The lowest BCUT2D eigenvalue weighted by atomic mass is 9.83. The fourth-order valence-corrected chi connectivity index (χ4v) is 3.61. The Balaban J connectivity index is 1.86. The Bertz CT molecular complexity index is 239. The first-order valence-electron chi connectivity index (χ1n) is 7.47. The molecule has 0 aromatic carbocycles. The summed E-state index contributed by atoms with van der Waals surface area (Å²) in [5, 5.41) is 10.2. The monoisotopic (exact) mass is 239 g/mol. The molecule has 1 N–H and O–H groups in total. The van der Waals surface area contributed by atoms with E-state index >= 15 is 0 Å². The van der Waals surface area contributed by atoms with Gasteiger partial charge in [0.2, 0.25) is 0 Å². The Morgan fingerprint density at radius 3 is 2.65 bits per heavy atom. The lowest BCUT2D eigenvalue weighted by molar-refractivity contribution is 0.0449. The molecule has 2 heteroatoms. The highest BCUT2D eigenvalue weighted by molar-refractivity contribution is 4.83. The summed E-state index contributed by atoms with van der Waals surface area (Å²) < 4.78 is 0. The molecule has 0 aromatic heterocycles. The van der Waals surface area contributed by atoms with Crippen molar-refractivity contribution in [3.63, 3.8) is 0 Å². The predicted molar refractivity (Wildman–Crippen MR) is 72.0 cm³/mol. The third-order valence-electron chi connectivity index (χ3n) is 4.59. The minimum absolute atomic E-state index is 0.0393. The van der Waals surface area contributed by atoms with Crippen molar-refractivity contribution in [1.82, 2.24) is 4.90 Å². The van der Waals surface area contributed by atoms with Crippen LogP contribution in [0.4, 0.5) is 0 Å². The topological polar surface area (TPSA) is 23.5 Å². The van der Waals surface area contributed by atoms with Crippen molar-refractivity contribution in [2.45, 2.75) is 64.9 Å². The second-order valence-corrected chi connectivity index (χ2v) is 6.97. The van der Waals surface area contributed by atoms with E-state index in [4.69, 9.17) is 0 Å². The molecule has 0 aromatic rings. The van der Waals surface area contributed by atoms with Gasteiger partial charge >= 0.3 is 0 Å². The fraction of sp³-hybridized carbons (Fsp3) is 1.00. The average Bonchev–Trinajstić information content (AvgIpc) is 2.43. The van der Waals surface area contributed by atoms with Gasteiger partial charge < -0.3 is 10.0 Å². The summed E-state index contributed by atoms with van der Waals surface area (Å²) >= 11 is 0. The van der Waals surface area contributed by atoms with Gasteiger partial charge in [0.25, 0.3) is 0 Å².